The highest BCUT2D eigenvalue weighted by atomic mass is 16.2. The number of rotatable bonds is 2. The van der Waals surface area contributed by atoms with Crippen molar-refractivity contribution in [2.75, 3.05) is 19.6 Å². The first kappa shape index (κ1) is 16.1. The molecular formula is C21H26N4O. The van der Waals surface area contributed by atoms with E-state index in [9.17, 15) is 4.79 Å². The summed E-state index contributed by atoms with van der Waals surface area (Å²) in [5.41, 5.74) is 4.11. The Balaban J connectivity index is 1.53. The van der Waals surface area contributed by atoms with Gasteiger partial charge in [-0.05, 0) is 51.3 Å². The summed E-state index contributed by atoms with van der Waals surface area (Å²) in [5, 5.41) is 0. The van der Waals surface area contributed by atoms with Gasteiger partial charge in [0.25, 0.3) is 5.91 Å². The number of fused-ring (bicyclic) bond motifs is 2. The third-order valence-corrected chi connectivity index (χ3v) is 6.79. The number of likely N-dealkylation sites (tertiary alicyclic amines) is 1. The molecule has 1 N–H and O–H groups in total. The summed E-state index contributed by atoms with van der Waals surface area (Å²) in [6.45, 7) is 7.22. The topological polar surface area (TPSA) is 52.2 Å². The maximum Gasteiger partial charge on any atom is 0.274 e. The number of hydrogen-bond acceptors (Lipinski definition) is 3. The molecule has 5 heterocycles. The average Bonchev–Trinajstić information content (AvgIpc) is 3.28. The van der Waals surface area contributed by atoms with Gasteiger partial charge in [0.1, 0.15) is 5.69 Å². The SMILES string of the molecule is Cc1ccc([C@@H]2CN(C(=O)c3nc[nH]c3C)[C@H]3C4CCN(CC4)[C@@H]23)cc1. The van der Waals surface area contributed by atoms with Crippen LogP contribution >= 0.6 is 0 Å². The zero-order valence-corrected chi connectivity index (χ0v) is 15.5. The van der Waals surface area contributed by atoms with Gasteiger partial charge in [-0.25, -0.2) is 4.98 Å². The summed E-state index contributed by atoms with van der Waals surface area (Å²) >= 11 is 0. The Labute approximate surface area is 154 Å². The number of carbonyl (C=O) groups excluding carboxylic acids is 1. The Hall–Kier alpha value is -2.14. The molecule has 4 aliphatic heterocycles. The highest BCUT2D eigenvalue weighted by Crippen LogP contribution is 2.46. The van der Waals surface area contributed by atoms with E-state index in [0.29, 0.717) is 29.6 Å². The summed E-state index contributed by atoms with van der Waals surface area (Å²) in [5.74, 6) is 1.12. The second-order valence-electron chi connectivity index (χ2n) is 8.21. The van der Waals surface area contributed by atoms with E-state index in [1.54, 1.807) is 6.33 Å². The number of aromatic amines is 1. The van der Waals surface area contributed by atoms with Gasteiger partial charge in [-0.1, -0.05) is 29.8 Å². The second-order valence-corrected chi connectivity index (χ2v) is 8.21. The van der Waals surface area contributed by atoms with Crippen molar-refractivity contribution >= 4 is 5.91 Å². The summed E-state index contributed by atoms with van der Waals surface area (Å²) in [6, 6.07) is 9.69. The van der Waals surface area contributed by atoms with Crippen molar-refractivity contribution < 1.29 is 4.79 Å². The lowest BCUT2D eigenvalue weighted by molar-refractivity contribution is -0.00358. The zero-order valence-electron chi connectivity index (χ0n) is 15.5. The number of imidazole rings is 1. The Morgan fingerprint density at radius 2 is 1.85 bits per heavy atom. The number of carbonyl (C=O) groups is 1. The molecule has 4 fully saturated rings. The van der Waals surface area contributed by atoms with Crippen LogP contribution in [0.15, 0.2) is 30.6 Å². The van der Waals surface area contributed by atoms with Crippen LogP contribution in [0.3, 0.4) is 0 Å². The molecule has 5 heteroatoms. The molecule has 3 atom stereocenters. The number of nitrogens with zero attached hydrogens (tertiary/aromatic N) is 3. The lowest BCUT2D eigenvalue weighted by Crippen LogP contribution is -2.60. The quantitative estimate of drug-likeness (QED) is 0.906. The van der Waals surface area contributed by atoms with Crippen LogP contribution in [0, 0.1) is 19.8 Å². The molecule has 0 spiro atoms. The molecule has 0 aliphatic carbocycles. The van der Waals surface area contributed by atoms with E-state index in [1.165, 1.54) is 37.1 Å². The number of amides is 1. The van der Waals surface area contributed by atoms with Crippen LogP contribution in [0.4, 0.5) is 0 Å². The van der Waals surface area contributed by atoms with Crippen molar-refractivity contribution in [3.05, 3.63) is 53.1 Å². The van der Waals surface area contributed by atoms with Crippen molar-refractivity contribution in [3.8, 4) is 0 Å². The standard InChI is InChI=1S/C21H26N4O/c1-13-3-5-15(6-4-13)17-11-25(21(26)18-14(2)22-12-23-18)19-16-7-9-24(10-8-16)20(17)19/h3-6,12,16-17,19-20H,7-11H2,1-2H3,(H,22,23)/t17-,19-,20-/m0/s1. The van der Waals surface area contributed by atoms with Gasteiger partial charge in [0.2, 0.25) is 0 Å². The predicted octanol–water partition coefficient (Wildman–Crippen LogP) is 2.73. The fourth-order valence-corrected chi connectivity index (χ4v) is 5.47. The van der Waals surface area contributed by atoms with Crippen LogP contribution in [0.1, 0.15) is 46.1 Å². The number of H-pyrrole nitrogens is 1. The van der Waals surface area contributed by atoms with Crippen molar-refractivity contribution in [2.45, 2.75) is 44.7 Å². The summed E-state index contributed by atoms with van der Waals surface area (Å²) in [7, 11) is 0. The van der Waals surface area contributed by atoms with Crippen LogP contribution in [-0.2, 0) is 0 Å². The normalized spacial score (nSPS) is 32.7. The largest absolute Gasteiger partial charge is 0.348 e. The zero-order chi connectivity index (χ0) is 17.8. The Morgan fingerprint density at radius 1 is 1.12 bits per heavy atom. The van der Waals surface area contributed by atoms with Crippen LogP contribution < -0.4 is 0 Å². The van der Waals surface area contributed by atoms with E-state index in [-0.39, 0.29) is 5.91 Å². The van der Waals surface area contributed by atoms with Gasteiger partial charge in [-0.3, -0.25) is 9.69 Å². The Kier molecular flexibility index (Phi) is 3.67. The molecule has 6 rings (SSSR count). The number of benzene rings is 1. The number of hydrogen-bond donors (Lipinski definition) is 1. The molecule has 1 amide bonds. The highest BCUT2D eigenvalue weighted by Gasteiger charge is 2.54. The van der Waals surface area contributed by atoms with Crippen LogP contribution in [0.2, 0.25) is 0 Å². The van der Waals surface area contributed by atoms with E-state index in [4.69, 9.17) is 0 Å². The summed E-state index contributed by atoms with van der Waals surface area (Å²) in [6.07, 6.45) is 4.06. The first-order valence-corrected chi connectivity index (χ1v) is 9.75. The molecule has 1 aromatic heterocycles. The molecule has 0 radical (unpaired) electrons. The molecule has 2 bridgehead atoms. The molecular weight excluding hydrogens is 324 g/mol. The van der Waals surface area contributed by atoms with E-state index in [1.807, 2.05) is 6.92 Å². The van der Waals surface area contributed by atoms with E-state index in [2.05, 4.69) is 51.0 Å². The highest BCUT2D eigenvalue weighted by molar-refractivity contribution is 5.94. The predicted molar refractivity (Wildman–Crippen MR) is 100 cm³/mol. The van der Waals surface area contributed by atoms with Crippen LogP contribution in [-0.4, -0.2) is 57.4 Å². The smallest absolute Gasteiger partial charge is 0.274 e. The van der Waals surface area contributed by atoms with E-state index in [0.717, 1.165) is 12.2 Å². The van der Waals surface area contributed by atoms with Crippen molar-refractivity contribution in [3.63, 3.8) is 0 Å². The van der Waals surface area contributed by atoms with E-state index < -0.39 is 0 Å². The molecule has 5 nitrogen and oxygen atoms in total. The minimum absolute atomic E-state index is 0.0992. The van der Waals surface area contributed by atoms with Gasteiger partial charge < -0.3 is 9.88 Å². The third-order valence-electron chi connectivity index (χ3n) is 6.79. The minimum atomic E-state index is 0.0992. The molecule has 4 saturated heterocycles. The maximum atomic E-state index is 13.3. The van der Waals surface area contributed by atoms with Gasteiger partial charge in [0.15, 0.2) is 0 Å². The Bertz CT molecular complexity index is 819. The van der Waals surface area contributed by atoms with Gasteiger partial charge in [-0.2, -0.15) is 0 Å². The molecule has 4 aliphatic rings. The minimum Gasteiger partial charge on any atom is -0.348 e. The Morgan fingerprint density at radius 3 is 2.50 bits per heavy atom. The first-order valence-electron chi connectivity index (χ1n) is 9.75. The van der Waals surface area contributed by atoms with Crippen molar-refractivity contribution in [1.29, 1.82) is 0 Å². The van der Waals surface area contributed by atoms with Gasteiger partial charge in [-0.15, -0.1) is 0 Å². The molecule has 26 heavy (non-hydrogen) atoms. The molecule has 1 aromatic carbocycles. The molecule has 136 valence electrons. The van der Waals surface area contributed by atoms with E-state index >= 15 is 0 Å². The third kappa shape index (κ3) is 2.33. The first-order chi connectivity index (χ1) is 12.6. The van der Waals surface area contributed by atoms with Crippen LogP contribution in [0.5, 0.6) is 0 Å². The maximum absolute atomic E-state index is 13.3. The number of aromatic nitrogens is 2. The van der Waals surface area contributed by atoms with Gasteiger partial charge >= 0.3 is 0 Å². The van der Waals surface area contributed by atoms with Gasteiger partial charge in [0, 0.05) is 24.2 Å². The lowest BCUT2D eigenvalue weighted by Gasteiger charge is -2.51. The molecule has 0 unspecified atom stereocenters. The van der Waals surface area contributed by atoms with Crippen molar-refractivity contribution in [2.24, 2.45) is 5.92 Å². The number of aryl methyl sites for hydroxylation is 2. The average molecular weight is 350 g/mol. The van der Waals surface area contributed by atoms with Crippen molar-refractivity contribution in [1.82, 2.24) is 19.8 Å². The fraction of sp³-hybridized carbons (Fsp3) is 0.524. The fourth-order valence-electron chi connectivity index (χ4n) is 5.47. The number of nitrogens with one attached hydrogen (secondary N) is 1. The van der Waals surface area contributed by atoms with Crippen LogP contribution in [0.25, 0.3) is 0 Å². The molecule has 0 saturated carbocycles. The summed E-state index contributed by atoms with van der Waals surface area (Å²) in [4.78, 5) is 25.5. The van der Waals surface area contributed by atoms with Gasteiger partial charge in [0.05, 0.1) is 12.4 Å². The second kappa shape index (κ2) is 5.95. The monoisotopic (exact) mass is 350 g/mol. The lowest BCUT2D eigenvalue weighted by atomic mass is 9.75. The number of piperidine rings is 3. The summed E-state index contributed by atoms with van der Waals surface area (Å²) < 4.78 is 0. The molecule has 2 aromatic rings.